The Hall–Kier alpha value is -1.89. The molecule has 23 heavy (non-hydrogen) atoms. The Bertz CT molecular complexity index is 592. The molecule has 1 aromatic heterocycles. The molecule has 2 saturated heterocycles. The van der Waals surface area contributed by atoms with E-state index < -0.39 is 0 Å². The van der Waals surface area contributed by atoms with Crippen LogP contribution in [0.4, 0.5) is 5.82 Å². The molecule has 124 valence electrons. The van der Waals surface area contributed by atoms with Gasteiger partial charge in [-0.2, -0.15) is 0 Å². The fourth-order valence-electron chi connectivity index (χ4n) is 3.59. The van der Waals surface area contributed by atoms with Crippen molar-refractivity contribution >= 4 is 11.7 Å². The van der Waals surface area contributed by atoms with Gasteiger partial charge in [-0.05, 0) is 25.7 Å². The van der Waals surface area contributed by atoms with Crippen molar-refractivity contribution in [3.05, 3.63) is 12.4 Å². The third-order valence-corrected chi connectivity index (χ3v) is 4.93. The molecule has 1 saturated carbocycles. The lowest BCUT2D eigenvalue weighted by Crippen LogP contribution is -2.48. The molecule has 1 aliphatic carbocycles. The maximum absolute atomic E-state index is 12.1. The van der Waals surface area contributed by atoms with Crippen molar-refractivity contribution in [3.8, 4) is 5.88 Å². The van der Waals surface area contributed by atoms with Gasteiger partial charge in [0.05, 0.1) is 25.3 Å². The molecule has 7 heteroatoms. The number of fused-ring (bicyclic) bond motifs is 1. The van der Waals surface area contributed by atoms with Crippen molar-refractivity contribution in [2.45, 2.75) is 43.9 Å². The Balaban J connectivity index is 1.55. The highest BCUT2D eigenvalue weighted by molar-refractivity contribution is 5.81. The minimum Gasteiger partial charge on any atom is -0.481 e. The number of methoxy groups -OCH3 is 1. The van der Waals surface area contributed by atoms with Gasteiger partial charge < -0.3 is 19.7 Å². The van der Waals surface area contributed by atoms with Crippen molar-refractivity contribution in [1.29, 1.82) is 0 Å². The molecular weight excluding hydrogens is 296 g/mol. The summed E-state index contributed by atoms with van der Waals surface area (Å²) in [5.41, 5.74) is 0. The van der Waals surface area contributed by atoms with E-state index in [1.807, 2.05) is 6.07 Å². The van der Waals surface area contributed by atoms with Crippen LogP contribution in [0.25, 0.3) is 0 Å². The summed E-state index contributed by atoms with van der Waals surface area (Å²) in [7, 11) is 1.60. The molecule has 0 spiro atoms. The van der Waals surface area contributed by atoms with Gasteiger partial charge in [0, 0.05) is 25.1 Å². The van der Waals surface area contributed by atoms with Crippen molar-refractivity contribution in [1.82, 2.24) is 15.3 Å². The zero-order valence-electron chi connectivity index (χ0n) is 13.3. The van der Waals surface area contributed by atoms with Gasteiger partial charge in [0.15, 0.2) is 0 Å². The van der Waals surface area contributed by atoms with E-state index in [2.05, 4.69) is 20.2 Å². The molecule has 1 N–H and O–H groups in total. The zero-order chi connectivity index (χ0) is 15.8. The summed E-state index contributed by atoms with van der Waals surface area (Å²) in [5, 5.41) is 3.19. The van der Waals surface area contributed by atoms with E-state index in [4.69, 9.17) is 9.47 Å². The van der Waals surface area contributed by atoms with E-state index in [-0.39, 0.29) is 30.0 Å². The highest BCUT2D eigenvalue weighted by atomic mass is 16.5. The Morgan fingerprint density at radius 2 is 2.26 bits per heavy atom. The number of rotatable bonds is 4. The first-order valence-corrected chi connectivity index (χ1v) is 8.31. The van der Waals surface area contributed by atoms with Crippen LogP contribution in [0, 0.1) is 5.92 Å². The molecule has 4 rings (SSSR count). The van der Waals surface area contributed by atoms with Crippen LogP contribution >= 0.6 is 0 Å². The van der Waals surface area contributed by atoms with Gasteiger partial charge in [-0.25, -0.2) is 9.97 Å². The van der Waals surface area contributed by atoms with Gasteiger partial charge in [0.25, 0.3) is 0 Å². The summed E-state index contributed by atoms with van der Waals surface area (Å²) in [5.74, 6) is 1.77. The second kappa shape index (κ2) is 5.96. The lowest BCUT2D eigenvalue weighted by atomic mass is 10.0. The monoisotopic (exact) mass is 318 g/mol. The predicted molar refractivity (Wildman–Crippen MR) is 83.3 cm³/mol. The second-order valence-electron chi connectivity index (χ2n) is 6.51. The Morgan fingerprint density at radius 3 is 3.04 bits per heavy atom. The highest BCUT2D eigenvalue weighted by Gasteiger charge is 2.46. The predicted octanol–water partition coefficient (Wildman–Crippen LogP) is 0.748. The highest BCUT2D eigenvalue weighted by Crippen LogP contribution is 2.34. The average molecular weight is 318 g/mol. The molecule has 1 aromatic rings. The Labute approximate surface area is 135 Å². The van der Waals surface area contributed by atoms with Gasteiger partial charge in [-0.1, -0.05) is 0 Å². The summed E-state index contributed by atoms with van der Waals surface area (Å²) >= 11 is 0. The normalized spacial score (nSPS) is 30.0. The average Bonchev–Trinajstić information content (AvgIpc) is 3.39. The molecule has 3 heterocycles. The van der Waals surface area contributed by atoms with Crippen LogP contribution in [0.15, 0.2) is 12.4 Å². The fourth-order valence-corrected chi connectivity index (χ4v) is 3.59. The first kappa shape index (κ1) is 14.7. The topological polar surface area (TPSA) is 76.6 Å². The number of nitrogens with zero attached hydrogens (tertiary/aromatic N) is 3. The largest absolute Gasteiger partial charge is 0.481 e. The van der Waals surface area contributed by atoms with E-state index in [1.54, 1.807) is 7.11 Å². The summed E-state index contributed by atoms with van der Waals surface area (Å²) < 4.78 is 11.2. The second-order valence-corrected chi connectivity index (χ2v) is 6.51. The standard InChI is InChI=1S/C16H22N4O3/c1-22-14-7-13(17-9-18-14)20-8-11(19-16(21)10-4-5-10)15-12(20)3-2-6-23-15/h7,9-12,15H,2-6,8H2,1H3,(H,19,21)/t11-,12-,15-/m1/s1. The Kier molecular flexibility index (Phi) is 3.80. The van der Waals surface area contributed by atoms with E-state index in [9.17, 15) is 4.79 Å². The maximum atomic E-state index is 12.1. The Morgan fingerprint density at radius 1 is 1.39 bits per heavy atom. The minimum absolute atomic E-state index is 0.0226. The number of hydrogen-bond acceptors (Lipinski definition) is 6. The van der Waals surface area contributed by atoms with E-state index in [0.717, 1.165) is 38.1 Å². The molecule has 0 unspecified atom stereocenters. The number of amides is 1. The number of hydrogen-bond donors (Lipinski definition) is 1. The molecule has 0 radical (unpaired) electrons. The number of nitrogens with one attached hydrogen (secondary N) is 1. The lowest BCUT2D eigenvalue weighted by Gasteiger charge is -2.32. The van der Waals surface area contributed by atoms with Crippen LogP contribution < -0.4 is 15.0 Å². The molecule has 1 amide bonds. The third-order valence-electron chi connectivity index (χ3n) is 4.93. The summed E-state index contributed by atoms with van der Waals surface area (Å²) in [4.78, 5) is 22.8. The number of carbonyl (C=O) groups is 1. The van der Waals surface area contributed by atoms with Crippen LogP contribution in [0.3, 0.4) is 0 Å². The molecule has 3 fully saturated rings. The van der Waals surface area contributed by atoms with Gasteiger partial charge in [-0.15, -0.1) is 0 Å². The van der Waals surface area contributed by atoms with Crippen molar-refractivity contribution in [2.24, 2.45) is 5.92 Å². The maximum Gasteiger partial charge on any atom is 0.223 e. The van der Waals surface area contributed by atoms with Crippen molar-refractivity contribution in [3.63, 3.8) is 0 Å². The summed E-state index contributed by atoms with van der Waals surface area (Å²) in [6.07, 6.45) is 5.66. The van der Waals surface area contributed by atoms with Crippen LogP contribution in [0.5, 0.6) is 5.88 Å². The fraction of sp³-hybridized carbons (Fsp3) is 0.688. The number of ether oxygens (including phenoxy) is 2. The quantitative estimate of drug-likeness (QED) is 0.883. The first-order chi connectivity index (χ1) is 11.3. The van der Waals surface area contributed by atoms with Crippen LogP contribution in [-0.4, -0.2) is 54.3 Å². The van der Waals surface area contributed by atoms with Crippen molar-refractivity contribution < 1.29 is 14.3 Å². The molecular formula is C16H22N4O3. The van der Waals surface area contributed by atoms with Crippen molar-refractivity contribution in [2.75, 3.05) is 25.2 Å². The lowest BCUT2D eigenvalue weighted by molar-refractivity contribution is -0.124. The van der Waals surface area contributed by atoms with Gasteiger partial charge >= 0.3 is 0 Å². The molecule has 3 aliphatic rings. The number of carbonyl (C=O) groups excluding carboxylic acids is 1. The van der Waals surface area contributed by atoms with E-state index >= 15 is 0 Å². The molecule has 7 nitrogen and oxygen atoms in total. The van der Waals surface area contributed by atoms with Crippen LogP contribution in [-0.2, 0) is 9.53 Å². The molecule has 3 atom stereocenters. The smallest absolute Gasteiger partial charge is 0.223 e. The van der Waals surface area contributed by atoms with Gasteiger partial charge in [0.2, 0.25) is 11.8 Å². The molecule has 0 bridgehead atoms. The van der Waals surface area contributed by atoms with E-state index in [0.29, 0.717) is 12.4 Å². The number of aromatic nitrogens is 2. The van der Waals surface area contributed by atoms with Gasteiger partial charge in [-0.3, -0.25) is 4.79 Å². The summed E-state index contributed by atoms with van der Waals surface area (Å²) in [6, 6.07) is 2.11. The SMILES string of the molecule is COc1cc(N2C[C@@H](NC(=O)C3CC3)[C@H]3OCCC[C@H]32)ncn1. The van der Waals surface area contributed by atoms with Crippen LogP contribution in [0.1, 0.15) is 25.7 Å². The molecule has 0 aromatic carbocycles. The first-order valence-electron chi connectivity index (χ1n) is 8.31. The summed E-state index contributed by atoms with van der Waals surface area (Å²) in [6.45, 7) is 1.48. The third kappa shape index (κ3) is 2.85. The number of anilines is 1. The van der Waals surface area contributed by atoms with E-state index in [1.165, 1.54) is 6.33 Å². The zero-order valence-corrected chi connectivity index (χ0v) is 13.3. The molecule has 2 aliphatic heterocycles. The van der Waals surface area contributed by atoms with Crippen LogP contribution in [0.2, 0.25) is 0 Å². The minimum atomic E-state index is 0.0226. The van der Waals surface area contributed by atoms with Gasteiger partial charge in [0.1, 0.15) is 12.1 Å².